The van der Waals surface area contributed by atoms with Crippen LogP contribution in [0.5, 0.6) is 5.75 Å². The van der Waals surface area contributed by atoms with Gasteiger partial charge in [-0.2, -0.15) is 5.10 Å². The molecule has 0 bridgehead atoms. The third kappa shape index (κ3) is 6.38. The van der Waals surface area contributed by atoms with Gasteiger partial charge in [-0.3, -0.25) is 9.59 Å². The number of ether oxygens (including phenoxy) is 1. The predicted octanol–water partition coefficient (Wildman–Crippen LogP) is 4.46. The Kier molecular flexibility index (Phi) is 7.35. The van der Waals surface area contributed by atoms with E-state index in [0.717, 1.165) is 5.56 Å². The van der Waals surface area contributed by atoms with Crippen LogP contribution in [0.25, 0.3) is 0 Å². The average molecular weight is 440 g/mol. The number of benzene rings is 3. The maximum absolute atomic E-state index is 13.2. The number of hydrazone groups is 1. The fraction of sp³-hybridized carbons (Fsp3) is 0.0870. The lowest BCUT2D eigenvalue weighted by molar-refractivity contribution is -0.136. The molecule has 0 saturated heterocycles. The van der Waals surface area contributed by atoms with Crippen LogP contribution in [-0.4, -0.2) is 18.0 Å². The van der Waals surface area contributed by atoms with Crippen LogP contribution in [-0.2, 0) is 16.2 Å². The Labute approximate surface area is 183 Å². The summed E-state index contributed by atoms with van der Waals surface area (Å²) in [7, 11) is 0. The monoisotopic (exact) mass is 439 g/mol. The Hall–Kier alpha value is -3.71. The van der Waals surface area contributed by atoms with Crippen molar-refractivity contribution in [3.8, 4) is 5.75 Å². The van der Waals surface area contributed by atoms with Gasteiger partial charge in [0.25, 0.3) is 0 Å². The average Bonchev–Trinajstić information content (AvgIpc) is 2.76. The summed E-state index contributed by atoms with van der Waals surface area (Å²) in [6, 6.07) is 18.1. The summed E-state index contributed by atoms with van der Waals surface area (Å²) in [5.41, 5.74) is 4.69. The molecule has 2 amide bonds. The maximum atomic E-state index is 13.2. The fourth-order valence-electron chi connectivity index (χ4n) is 2.58. The summed E-state index contributed by atoms with van der Waals surface area (Å²) in [4.78, 5) is 23.9. The van der Waals surface area contributed by atoms with Gasteiger partial charge in [0.05, 0.1) is 6.21 Å². The molecule has 3 aromatic carbocycles. The Balaban J connectivity index is 1.49. The molecule has 31 heavy (non-hydrogen) atoms. The molecule has 0 atom stereocenters. The number of hydrogen-bond donors (Lipinski definition) is 2. The molecule has 158 valence electrons. The van der Waals surface area contributed by atoms with Crippen LogP contribution in [0.3, 0.4) is 0 Å². The number of carbonyl (C=O) groups excluding carboxylic acids is 2. The van der Waals surface area contributed by atoms with Gasteiger partial charge in [0, 0.05) is 10.7 Å². The highest BCUT2D eigenvalue weighted by Crippen LogP contribution is 2.22. The number of halogens is 2. The van der Waals surface area contributed by atoms with E-state index >= 15 is 0 Å². The normalized spacial score (nSPS) is 10.7. The van der Waals surface area contributed by atoms with Crippen LogP contribution >= 0.6 is 11.6 Å². The summed E-state index contributed by atoms with van der Waals surface area (Å²) in [6.07, 6.45) is 1.40. The third-order valence-electron chi connectivity index (χ3n) is 4.28. The van der Waals surface area contributed by atoms with Crippen molar-refractivity contribution in [2.45, 2.75) is 13.5 Å². The molecule has 0 saturated carbocycles. The van der Waals surface area contributed by atoms with Crippen LogP contribution in [0, 0.1) is 12.7 Å². The molecule has 0 spiro atoms. The molecule has 8 heteroatoms. The molecule has 3 rings (SSSR count). The highest BCUT2D eigenvalue weighted by Gasteiger charge is 2.14. The van der Waals surface area contributed by atoms with Crippen molar-refractivity contribution in [2.24, 2.45) is 5.10 Å². The summed E-state index contributed by atoms with van der Waals surface area (Å²) < 4.78 is 18.8. The van der Waals surface area contributed by atoms with Gasteiger partial charge in [-0.05, 0) is 72.1 Å². The molecular weight excluding hydrogens is 421 g/mol. The van der Waals surface area contributed by atoms with Crippen LogP contribution in [0.2, 0.25) is 5.02 Å². The van der Waals surface area contributed by atoms with Crippen molar-refractivity contribution in [1.29, 1.82) is 0 Å². The molecule has 0 aliphatic rings. The quantitative estimate of drug-likeness (QED) is 0.338. The van der Waals surface area contributed by atoms with E-state index in [4.69, 9.17) is 16.3 Å². The number of nitrogens with one attached hydrogen (secondary N) is 2. The minimum Gasteiger partial charge on any atom is -0.489 e. The van der Waals surface area contributed by atoms with Crippen molar-refractivity contribution in [2.75, 3.05) is 5.32 Å². The zero-order valence-electron chi connectivity index (χ0n) is 16.6. The van der Waals surface area contributed by atoms with E-state index in [1.807, 2.05) is 0 Å². The molecule has 0 aromatic heterocycles. The topological polar surface area (TPSA) is 79.8 Å². The fourth-order valence-corrected chi connectivity index (χ4v) is 2.76. The number of nitrogens with zero attached hydrogens (tertiary/aromatic N) is 1. The Morgan fingerprint density at radius 3 is 2.55 bits per heavy atom. The maximum Gasteiger partial charge on any atom is 0.329 e. The van der Waals surface area contributed by atoms with Crippen LogP contribution in [0.4, 0.5) is 10.1 Å². The smallest absolute Gasteiger partial charge is 0.329 e. The zero-order chi connectivity index (χ0) is 22.2. The van der Waals surface area contributed by atoms with Crippen LogP contribution in [0.15, 0.2) is 71.8 Å². The molecule has 6 nitrogen and oxygen atoms in total. The van der Waals surface area contributed by atoms with Gasteiger partial charge < -0.3 is 10.1 Å². The first-order valence-electron chi connectivity index (χ1n) is 9.29. The highest BCUT2D eigenvalue weighted by atomic mass is 35.5. The lowest BCUT2D eigenvalue weighted by atomic mass is 10.2. The molecule has 0 heterocycles. The van der Waals surface area contributed by atoms with E-state index < -0.39 is 11.8 Å². The van der Waals surface area contributed by atoms with Gasteiger partial charge in [0.1, 0.15) is 18.2 Å². The first-order valence-corrected chi connectivity index (χ1v) is 9.67. The third-order valence-corrected chi connectivity index (χ3v) is 4.69. The molecule has 0 radical (unpaired) electrons. The standard InChI is InChI=1S/C23H19ClFN3O3/c1-15-20(24)6-3-7-21(15)27-22(29)23(30)28-26-13-16-8-10-19(11-9-16)31-14-17-4-2-5-18(25)12-17/h2-13H,14H2,1H3,(H,27,29)(H,28,30). The number of anilines is 1. The molecule has 0 aliphatic carbocycles. The largest absolute Gasteiger partial charge is 0.489 e. The van der Waals surface area contributed by atoms with Crippen molar-refractivity contribution in [1.82, 2.24) is 5.43 Å². The molecular formula is C23H19ClFN3O3. The molecule has 3 aromatic rings. The number of hydrogen-bond acceptors (Lipinski definition) is 4. The number of amides is 2. The number of rotatable bonds is 6. The Bertz CT molecular complexity index is 1120. The second-order valence-corrected chi connectivity index (χ2v) is 6.96. The zero-order valence-corrected chi connectivity index (χ0v) is 17.3. The van der Waals surface area contributed by atoms with Gasteiger partial charge in [-0.25, -0.2) is 9.82 Å². The summed E-state index contributed by atoms with van der Waals surface area (Å²) in [6.45, 7) is 1.97. The predicted molar refractivity (Wildman–Crippen MR) is 118 cm³/mol. The van der Waals surface area contributed by atoms with Gasteiger partial charge >= 0.3 is 11.8 Å². The highest BCUT2D eigenvalue weighted by molar-refractivity contribution is 6.40. The van der Waals surface area contributed by atoms with Crippen molar-refractivity contribution >= 4 is 35.3 Å². The first-order chi connectivity index (χ1) is 14.9. The van der Waals surface area contributed by atoms with Crippen LogP contribution < -0.4 is 15.5 Å². The summed E-state index contributed by atoms with van der Waals surface area (Å²) in [5, 5.41) is 6.76. The molecule has 0 unspecified atom stereocenters. The molecule has 0 fully saturated rings. The van der Waals surface area contributed by atoms with Gasteiger partial charge in [0.15, 0.2) is 0 Å². The van der Waals surface area contributed by atoms with E-state index in [2.05, 4.69) is 15.8 Å². The Morgan fingerprint density at radius 1 is 1.06 bits per heavy atom. The van der Waals surface area contributed by atoms with E-state index in [1.165, 1.54) is 18.3 Å². The van der Waals surface area contributed by atoms with Crippen molar-refractivity contribution < 1.29 is 18.7 Å². The van der Waals surface area contributed by atoms with Gasteiger partial charge in [-0.1, -0.05) is 29.8 Å². The van der Waals surface area contributed by atoms with E-state index in [0.29, 0.717) is 27.6 Å². The van der Waals surface area contributed by atoms with Crippen molar-refractivity contribution in [3.05, 3.63) is 94.3 Å². The second kappa shape index (κ2) is 10.4. The minimum atomic E-state index is -0.911. The van der Waals surface area contributed by atoms with Crippen molar-refractivity contribution in [3.63, 3.8) is 0 Å². The van der Waals surface area contributed by atoms with E-state index in [9.17, 15) is 14.0 Å². The van der Waals surface area contributed by atoms with E-state index in [-0.39, 0.29) is 12.4 Å². The van der Waals surface area contributed by atoms with Gasteiger partial charge in [-0.15, -0.1) is 0 Å². The van der Waals surface area contributed by atoms with Gasteiger partial charge in [0.2, 0.25) is 0 Å². The van der Waals surface area contributed by atoms with Crippen LogP contribution in [0.1, 0.15) is 16.7 Å². The summed E-state index contributed by atoms with van der Waals surface area (Å²) in [5.74, 6) is -1.48. The lowest BCUT2D eigenvalue weighted by Crippen LogP contribution is -2.32. The SMILES string of the molecule is Cc1c(Cl)cccc1NC(=O)C(=O)NN=Cc1ccc(OCc2cccc(F)c2)cc1. The molecule has 2 N–H and O–H groups in total. The minimum absolute atomic E-state index is 0.239. The first kappa shape index (κ1) is 22.0. The van der Waals surface area contributed by atoms with E-state index in [1.54, 1.807) is 61.5 Å². The molecule has 0 aliphatic heterocycles. The summed E-state index contributed by atoms with van der Waals surface area (Å²) >= 11 is 6.00. The Morgan fingerprint density at radius 2 is 1.81 bits per heavy atom. The number of carbonyl (C=O) groups is 2. The second-order valence-electron chi connectivity index (χ2n) is 6.55. The lowest BCUT2D eigenvalue weighted by Gasteiger charge is -2.08.